The predicted molar refractivity (Wildman–Crippen MR) is 102 cm³/mol. The number of nitrogens with one attached hydrogen (secondary N) is 1. The number of likely N-dealkylation sites (tertiary alicyclic amines) is 1. The predicted octanol–water partition coefficient (Wildman–Crippen LogP) is 3.75. The van der Waals surface area contributed by atoms with E-state index in [9.17, 15) is 9.59 Å². The Kier molecular flexibility index (Phi) is 6.09. The van der Waals surface area contributed by atoms with Gasteiger partial charge in [0.1, 0.15) is 0 Å². The summed E-state index contributed by atoms with van der Waals surface area (Å²) in [5.41, 5.74) is 0.764. The summed E-state index contributed by atoms with van der Waals surface area (Å²) in [6.45, 7) is 3.30. The summed E-state index contributed by atoms with van der Waals surface area (Å²) in [7, 11) is 0. The number of benzene rings is 1. The van der Waals surface area contributed by atoms with Gasteiger partial charge in [0.25, 0.3) is 5.91 Å². The van der Waals surface area contributed by atoms with Crippen LogP contribution < -0.4 is 5.32 Å². The average molecular weight is 376 g/mol. The van der Waals surface area contributed by atoms with Crippen LogP contribution >= 0.6 is 23.1 Å². The van der Waals surface area contributed by atoms with E-state index in [1.54, 1.807) is 18.0 Å². The molecule has 7 heteroatoms. The Morgan fingerprint density at radius 1 is 1.32 bits per heavy atom. The molecule has 1 fully saturated rings. The third-order valence-electron chi connectivity index (χ3n) is 4.23. The summed E-state index contributed by atoms with van der Waals surface area (Å²) in [5, 5.41) is 5.32. The summed E-state index contributed by atoms with van der Waals surface area (Å²) >= 11 is 3.10. The van der Waals surface area contributed by atoms with Crippen LogP contribution in [0.2, 0.25) is 0 Å². The van der Waals surface area contributed by atoms with Gasteiger partial charge in [-0.25, -0.2) is 4.98 Å². The molecule has 3 rings (SSSR count). The van der Waals surface area contributed by atoms with E-state index in [1.807, 2.05) is 34.5 Å². The first-order chi connectivity index (χ1) is 12.2. The number of thiazole rings is 1. The van der Waals surface area contributed by atoms with Crippen LogP contribution in [0.15, 0.2) is 40.7 Å². The van der Waals surface area contributed by atoms with Crippen LogP contribution in [0, 0.1) is 5.92 Å². The van der Waals surface area contributed by atoms with Gasteiger partial charge < -0.3 is 10.2 Å². The molecule has 2 aromatic rings. The van der Waals surface area contributed by atoms with Crippen LogP contribution in [0.5, 0.6) is 0 Å². The summed E-state index contributed by atoms with van der Waals surface area (Å²) < 4.78 is 0. The number of hydrogen-bond donors (Lipinski definition) is 1. The topological polar surface area (TPSA) is 62.3 Å². The van der Waals surface area contributed by atoms with Gasteiger partial charge in [0.15, 0.2) is 5.13 Å². The fourth-order valence-electron chi connectivity index (χ4n) is 2.93. The normalized spacial score (nSPS) is 15.2. The van der Waals surface area contributed by atoms with E-state index in [1.165, 1.54) is 11.3 Å². The van der Waals surface area contributed by atoms with Gasteiger partial charge in [-0.05, 0) is 30.7 Å². The Balaban J connectivity index is 1.58. The fourth-order valence-corrected chi connectivity index (χ4v) is 4.26. The van der Waals surface area contributed by atoms with Crippen LogP contribution in [0.25, 0.3) is 0 Å². The van der Waals surface area contributed by atoms with E-state index in [-0.39, 0.29) is 17.7 Å². The third kappa shape index (κ3) is 4.41. The SMILES string of the molecule is CCSc1ccccc1C(=O)N1CCC(C(=O)Nc2nccs2)CC1. The van der Waals surface area contributed by atoms with E-state index in [4.69, 9.17) is 0 Å². The van der Waals surface area contributed by atoms with Crippen LogP contribution in [-0.2, 0) is 4.79 Å². The molecule has 0 atom stereocenters. The molecule has 0 aliphatic carbocycles. The molecule has 0 unspecified atom stereocenters. The lowest BCUT2D eigenvalue weighted by atomic mass is 9.95. The lowest BCUT2D eigenvalue weighted by Gasteiger charge is -2.31. The molecule has 0 spiro atoms. The van der Waals surface area contributed by atoms with Gasteiger partial charge in [0.2, 0.25) is 5.91 Å². The number of anilines is 1. The van der Waals surface area contributed by atoms with Crippen molar-refractivity contribution in [3.8, 4) is 0 Å². The summed E-state index contributed by atoms with van der Waals surface area (Å²) in [6.07, 6.45) is 3.05. The fraction of sp³-hybridized carbons (Fsp3) is 0.389. The Morgan fingerprint density at radius 3 is 2.76 bits per heavy atom. The molecule has 1 saturated heterocycles. The van der Waals surface area contributed by atoms with Crippen LogP contribution in [-0.4, -0.2) is 40.5 Å². The van der Waals surface area contributed by atoms with Gasteiger partial charge >= 0.3 is 0 Å². The molecule has 0 radical (unpaired) electrons. The first-order valence-electron chi connectivity index (χ1n) is 8.40. The lowest BCUT2D eigenvalue weighted by molar-refractivity contribution is -0.121. The van der Waals surface area contributed by atoms with Gasteiger partial charge in [0, 0.05) is 35.5 Å². The van der Waals surface area contributed by atoms with Gasteiger partial charge in [-0.3, -0.25) is 9.59 Å². The minimum Gasteiger partial charge on any atom is -0.339 e. The number of amides is 2. The molecular formula is C18H21N3O2S2. The maximum atomic E-state index is 12.8. The molecule has 132 valence electrons. The van der Waals surface area contributed by atoms with E-state index in [2.05, 4.69) is 17.2 Å². The molecule has 5 nitrogen and oxygen atoms in total. The molecule has 25 heavy (non-hydrogen) atoms. The number of hydrogen-bond acceptors (Lipinski definition) is 5. The van der Waals surface area contributed by atoms with E-state index >= 15 is 0 Å². The van der Waals surface area contributed by atoms with Gasteiger partial charge in [0.05, 0.1) is 5.56 Å². The molecular weight excluding hydrogens is 354 g/mol. The zero-order valence-electron chi connectivity index (χ0n) is 14.1. The van der Waals surface area contributed by atoms with Crippen molar-refractivity contribution < 1.29 is 9.59 Å². The Morgan fingerprint density at radius 2 is 2.08 bits per heavy atom. The second-order valence-corrected chi connectivity index (χ2v) is 8.02. The van der Waals surface area contributed by atoms with Gasteiger partial charge in [-0.2, -0.15) is 0 Å². The maximum absolute atomic E-state index is 12.8. The van der Waals surface area contributed by atoms with E-state index in [0.29, 0.717) is 31.1 Å². The lowest BCUT2D eigenvalue weighted by Crippen LogP contribution is -2.41. The third-order valence-corrected chi connectivity index (χ3v) is 5.88. The highest BCUT2D eigenvalue weighted by Gasteiger charge is 2.28. The number of thioether (sulfide) groups is 1. The van der Waals surface area contributed by atoms with Crippen molar-refractivity contribution in [3.63, 3.8) is 0 Å². The number of aromatic nitrogens is 1. The number of piperidine rings is 1. The Hall–Kier alpha value is -1.86. The molecule has 1 aliphatic heterocycles. The molecule has 1 aromatic carbocycles. The van der Waals surface area contributed by atoms with E-state index < -0.39 is 0 Å². The number of rotatable bonds is 5. The maximum Gasteiger partial charge on any atom is 0.254 e. The molecule has 1 aromatic heterocycles. The first-order valence-corrected chi connectivity index (χ1v) is 10.3. The highest BCUT2D eigenvalue weighted by molar-refractivity contribution is 7.99. The smallest absolute Gasteiger partial charge is 0.254 e. The van der Waals surface area contributed by atoms with Gasteiger partial charge in [-0.15, -0.1) is 23.1 Å². The second kappa shape index (κ2) is 8.49. The number of carbonyl (C=O) groups is 2. The highest BCUT2D eigenvalue weighted by atomic mass is 32.2. The monoisotopic (exact) mass is 375 g/mol. The Bertz CT molecular complexity index is 726. The van der Waals surface area contributed by atoms with Crippen molar-refractivity contribution in [1.29, 1.82) is 0 Å². The minimum atomic E-state index is -0.0618. The summed E-state index contributed by atoms with van der Waals surface area (Å²) in [6, 6.07) is 7.75. The molecule has 0 bridgehead atoms. The Labute approximate surface area is 155 Å². The van der Waals surface area contributed by atoms with Crippen molar-refractivity contribution in [2.24, 2.45) is 5.92 Å². The van der Waals surface area contributed by atoms with Crippen molar-refractivity contribution in [2.75, 3.05) is 24.2 Å². The van der Waals surface area contributed by atoms with Gasteiger partial charge in [-0.1, -0.05) is 19.1 Å². The summed E-state index contributed by atoms with van der Waals surface area (Å²) in [5.74, 6) is 0.941. The van der Waals surface area contributed by atoms with E-state index in [0.717, 1.165) is 16.2 Å². The number of carbonyl (C=O) groups excluding carboxylic acids is 2. The highest BCUT2D eigenvalue weighted by Crippen LogP contribution is 2.26. The number of nitrogens with zero attached hydrogens (tertiary/aromatic N) is 2. The standard InChI is InChI=1S/C18H21N3O2S2/c1-2-24-15-6-4-3-5-14(15)17(23)21-10-7-13(8-11-21)16(22)20-18-19-9-12-25-18/h3-6,9,12-13H,2,7-8,10-11H2,1H3,(H,19,20,22). The molecule has 1 N–H and O–H groups in total. The molecule has 1 aliphatic rings. The first kappa shape index (κ1) is 17.9. The molecule has 2 heterocycles. The largest absolute Gasteiger partial charge is 0.339 e. The van der Waals surface area contributed by atoms with Crippen LogP contribution in [0.3, 0.4) is 0 Å². The average Bonchev–Trinajstić information content (AvgIpc) is 3.15. The van der Waals surface area contributed by atoms with Crippen molar-refractivity contribution in [2.45, 2.75) is 24.7 Å². The van der Waals surface area contributed by atoms with Crippen molar-refractivity contribution >= 4 is 40.0 Å². The van der Waals surface area contributed by atoms with Crippen molar-refractivity contribution in [1.82, 2.24) is 9.88 Å². The zero-order valence-corrected chi connectivity index (χ0v) is 15.7. The molecule has 0 saturated carbocycles. The summed E-state index contributed by atoms with van der Waals surface area (Å²) in [4.78, 5) is 32.1. The molecule has 2 amide bonds. The van der Waals surface area contributed by atoms with Crippen molar-refractivity contribution in [3.05, 3.63) is 41.4 Å². The minimum absolute atomic E-state index is 0.00369. The quantitative estimate of drug-likeness (QED) is 0.809. The zero-order chi connectivity index (χ0) is 17.6. The van der Waals surface area contributed by atoms with Crippen LogP contribution in [0.1, 0.15) is 30.1 Å². The second-order valence-electron chi connectivity index (χ2n) is 5.82. The van der Waals surface area contributed by atoms with Crippen LogP contribution in [0.4, 0.5) is 5.13 Å².